The average molecular weight is 463 g/mol. The van der Waals surface area contributed by atoms with Crippen molar-refractivity contribution in [2.24, 2.45) is 27.9 Å². The maximum absolute atomic E-state index is 12.8. The second kappa shape index (κ2) is 16.2. The van der Waals surface area contributed by atoms with E-state index >= 15 is 0 Å². The topological polar surface area (TPSA) is 241 Å². The Morgan fingerprint density at radius 1 is 0.935 bits per heavy atom. The molecule has 178 valence electrons. The zero-order valence-corrected chi connectivity index (χ0v) is 18.3. The largest absolute Gasteiger partial charge is 0.480 e. The minimum absolute atomic E-state index is 0.0913. The molecule has 0 saturated heterocycles. The fraction of sp³-hybridized carbons (Fsp3) is 0.706. The SMILES string of the molecule is NCCCCC(NC(=O)C(N)CS)C(=O)NC(CCCN=C(N)N)C(=O)NCC(=O)O. The summed E-state index contributed by atoms with van der Waals surface area (Å²) in [5.74, 6) is -3.09. The molecule has 3 atom stereocenters. The van der Waals surface area contributed by atoms with E-state index in [0.717, 1.165) is 0 Å². The fourth-order valence-corrected chi connectivity index (χ4v) is 2.62. The summed E-state index contributed by atoms with van der Waals surface area (Å²) in [4.78, 5) is 51.8. The summed E-state index contributed by atoms with van der Waals surface area (Å²) < 4.78 is 0. The third kappa shape index (κ3) is 13.4. The van der Waals surface area contributed by atoms with E-state index < -0.39 is 48.4 Å². The van der Waals surface area contributed by atoms with Gasteiger partial charge in [-0.15, -0.1) is 0 Å². The molecule has 0 aliphatic carbocycles. The van der Waals surface area contributed by atoms with Crippen LogP contribution in [0.15, 0.2) is 4.99 Å². The highest BCUT2D eigenvalue weighted by Crippen LogP contribution is 2.05. The number of carbonyl (C=O) groups is 4. The van der Waals surface area contributed by atoms with Gasteiger partial charge in [0.1, 0.15) is 18.6 Å². The molecule has 0 rings (SSSR count). The van der Waals surface area contributed by atoms with E-state index in [4.69, 9.17) is 28.0 Å². The lowest BCUT2D eigenvalue weighted by molar-refractivity contribution is -0.138. The van der Waals surface area contributed by atoms with E-state index in [1.54, 1.807) is 0 Å². The number of carbonyl (C=O) groups excluding carboxylic acids is 3. The summed E-state index contributed by atoms with van der Waals surface area (Å²) in [6.07, 6.45) is 1.97. The molecule has 0 aromatic heterocycles. The van der Waals surface area contributed by atoms with Gasteiger partial charge in [0.15, 0.2) is 5.96 Å². The third-order valence-corrected chi connectivity index (χ3v) is 4.50. The number of unbranched alkanes of at least 4 members (excludes halogenated alkanes) is 1. The van der Waals surface area contributed by atoms with Gasteiger partial charge in [0, 0.05) is 12.3 Å². The normalized spacial score (nSPS) is 13.4. The second-order valence-corrected chi connectivity index (χ2v) is 7.12. The van der Waals surface area contributed by atoms with Crippen molar-refractivity contribution in [1.82, 2.24) is 16.0 Å². The third-order valence-electron chi connectivity index (χ3n) is 4.11. The van der Waals surface area contributed by atoms with Crippen LogP contribution >= 0.6 is 12.6 Å². The number of carboxylic acid groups (broad SMARTS) is 1. The minimum atomic E-state index is -1.23. The van der Waals surface area contributed by atoms with Gasteiger partial charge in [0.05, 0.1) is 6.04 Å². The Bertz CT molecular complexity index is 630. The number of aliphatic carboxylic acids is 1. The summed E-state index contributed by atoms with van der Waals surface area (Å²) in [6, 6.07) is -2.90. The van der Waals surface area contributed by atoms with Crippen LogP contribution in [0.4, 0.5) is 0 Å². The predicted molar refractivity (Wildman–Crippen MR) is 119 cm³/mol. The molecule has 13 nitrogen and oxygen atoms in total. The first-order chi connectivity index (χ1) is 14.6. The monoisotopic (exact) mass is 462 g/mol. The number of nitrogens with zero attached hydrogens (tertiary/aromatic N) is 1. The molecule has 0 aromatic carbocycles. The molecular weight excluding hydrogens is 428 g/mol. The zero-order valence-electron chi connectivity index (χ0n) is 17.4. The maximum atomic E-state index is 12.8. The number of hydrogen-bond donors (Lipinski definition) is 9. The van der Waals surface area contributed by atoms with Crippen LogP contribution in [0.3, 0.4) is 0 Å². The summed E-state index contributed by atoms with van der Waals surface area (Å²) >= 11 is 3.97. The van der Waals surface area contributed by atoms with Crippen LogP contribution in [-0.4, -0.2) is 78.3 Å². The van der Waals surface area contributed by atoms with Crippen LogP contribution < -0.4 is 38.9 Å². The van der Waals surface area contributed by atoms with E-state index in [9.17, 15) is 19.2 Å². The first-order valence-electron chi connectivity index (χ1n) is 9.84. The van der Waals surface area contributed by atoms with Crippen molar-refractivity contribution in [3.8, 4) is 0 Å². The molecular formula is C17H34N8O5S. The number of hydrogen-bond acceptors (Lipinski definition) is 8. The quantitative estimate of drug-likeness (QED) is 0.0479. The molecule has 0 heterocycles. The molecule has 0 fully saturated rings. The van der Waals surface area contributed by atoms with Crippen molar-refractivity contribution in [2.45, 2.75) is 50.2 Å². The molecule has 0 bridgehead atoms. The first kappa shape index (κ1) is 28.4. The predicted octanol–water partition coefficient (Wildman–Crippen LogP) is -3.40. The number of amides is 3. The highest BCUT2D eigenvalue weighted by molar-refractivity contribution is 7.80. The van der Waals surface area contributed by atoms with Gasteiger partial charge in [-0.3, -0.25) is 24.2 Å². The van der Waals surface area contributed by atoms with Gasteiger partial charge in [0.2, 0.25) is 17.7 Å². The Kier molecular flexibility index (Phi) is 14.8. The Balaban J connectivity index is 5.24. The van der Waals surface area contributed by atoms with Crippen molar-refractivity contribution in [2.75, 3.05) is 25.4 Å². The van der Waals surface area contributed by atoms with Crippen molar-refractivity contribution in [3.63, 3.8) is 0 Å². The number of rotatable bonds is 16. The highest BCUT2D eigenvalue weighted by Gasteiger charge is 2.27. The number of guanidine groups is 1. The standard InChI is InChI=1S/C17H34N8O5S/c18-6-2-1-4-12(24-14(28)10(19)9-31)16(30)25-11(5-3-7-22-17(20)21)15(29)23-8-13(26)27/h10-12,31H,1-9,18-19H2,(H,23,29)(H,24,28)(H,25,30)(H,26,27)(H4,20,21,22). The summed E-state index contributed by atoms with van der Waals surface area (Å²) in [5, 5.41) is 16.1. The van der Waals surface area contributed by atoms with Gasteiger partial charge < -0.3 is 44.0 Å². The Hall–Kier alpha value is -2.58. The van der Waals surface area contributed by atoms with Crippen LogP contribution in [-0.2, 0) is 19.2 Å². The number of carboxylic acids is 1. The fourth-order valence-electron chi connectivity index (χ4n) is 2.45. The van der Waals surface area contributed by atoms with Gasteiger partial charge in [-0.25, -0.2) is 0 Å². The molecule has 14 heteroatoms. The second-order valence-electron chi connectivity index (χ2n) is 6.76. The Morgan fingerprint density at radius 2 is 1.52 bits per heavy atom. The van der Waals surface area contributed by atoms with Crippen molar-refractivity contribution >= 4 is 42.3 Å². The number of nitrogens with two attached hydrogens (primary N) is 4. The van der Waals surface area contributed by atoms with Crippen LogP contribution in [0.1, 0.15) is 32.1 Å². The van der Waals surface area contributed by atoms with E-state index in [2.05, 4.69) is 33.6 Å². The Labute approximate surface area is 186 Å². The average Bonchev–Trinajstić information content (AvgIpc) is 2.72. The first-order valence-corrected chi connectivity index (χ1v) is 10.5. The van der Waals surface area contributed by atoms with E-state index in [1.807, 2.05) is 0 Å². The summed E-state index contributed by atoms with van der Waals surface area (Å²) in [6.45, 7) is 0.0321. The van der Waals surface area contributed by atoms with E-state index in [0.29, 0.717) is 25.8 Å². The molecule has 0 spiro atoms. The van der Waals surface area contributed by atoms with Crippen molar-refractivity contribution < 1.29 is 24.3 Å². The van der Waals surface area contributed by atoms with Crippen LogP contribution in [0, 0.1) is 0 Å². The number of nitrogens with one attached hydrogen (secondary N) is 3. The van der Waals surface area contributed by atoms with Gasteiger partial charge in [-0.1, -0.05) is 0 Å². The molecule has 0 aromatic rings. The zero-order chi connectivity index (χ0) is 23.8. The lowest BCUT2D eigenvalue weighted by Gasteiger charge is -2.24. The minimum Gasteiger partial charge on any atom is -0.480 e. The lowest BCUT2D eigenvalue weighted by Crippen LogP contribution is -2.56. The number of aliphatic imine (C=N–C) groups is 1. The van der Waals surface area contributed by atoms with Gasteiger partial charge in [0.25, 0.3) is 0 Å². The molecule has 0 aliphatic rings. The Morgan fingerprint density at radius 3 is 2.06 bits per heavy atom. The molecule has 0 radical (unpaired) electrons. The number of thiol groups is 1. The molecule has 0 saturated carbocycles. The van der Waals surface area contributed by atoms with Crippen LogP contribution in [0.25, 0.3) is 0 Å². The van der Waals surface area contributed by atoms with Crippen LogP contribution in [0.5, 0.6) is 0 Å². The van der Waals surface area contributed by atoms with Crippen LogP contribution in [0.2, 0.25) is 0 Å². The molecule has 0 aliphatic heterocycles. The molecule has 3 amide bonds. The van der Waals surface area contributed by atoms with E-state index in [1.165, 1.54) is 0 Å². The van der Waals surface area contributed by atoms with Crippen molar-refractivity contribution in [1.29, 1.82) is 0 Å². The van der Waals surface area contributed by atoms with Crippen molar-refractivity contribution in [3.05, 3.63) is 0 Å². The maximum Gasteiger partial charge on any atom is 0.322 e. The molecule has 31 heavy (non-hydrogen) atoms. The summed E-state index contributed by atoms with van der Waals surface area (Å²) in [5.41, 5.74) is 21.7. The van der Waals surface area contributed by atoms with Gasteiger partial charge >= 0.3 is 5.97 Å². The van der Waals surface area contributed by atoms with Gasteiger partial charge in [-0.05, 0) is 38.6 Å². The summed E-state index contributed by atoms with van der Waals surface area (Å²) in [7, 11) is 0. The van der Waals surface area contributed by atoms with E-state index in [-0.39, 0.29) is 31.1 Å². The van der Waals surface area contributed by atoms with Gasteiger partial charge in [-0.2, -0.15) is 12.6 Å². The highest BCUT2D eigenvalue weighted by atomic mass is 32.1. The smallest absolute Gasteiger partial charge is 0.322 e. The lowest BCUT2D eigenvalue weighted by atomic mass is 10.1. The molecule has 3 unspecified atom stereocenters. The molecule has 12 N–H and O–H groups in total.